The number of hydrogen-bond acceptors (Lipinski definition) is 5. The summed E-state index contributed by atoms with van der Waals surface area (Å²) >= 11 is 0. The molecule has 6 heteroatoms. The molecule has 1 aromatic heterocycles. The minimum Gasteiger partial charge on any atom is -0.452 e. The van der Waals surface area contributed by atoms with E-state index in [4.69, 9.17) is 14.7 Å². The standard InChI is InChI=1S/C32H25N3O3/c36-29(35-18-17-22-9-7-8-14-26(22)20-35)21-38-32(37)25-15-16-27-28(19-25)34-31(24-12-5-2-6-13-24)30(33-27)23-10-3-1-4-11-23/h1-16,19H,17-18,20-21H2. The number of carbonyl (C=O) groups is 2. The molecule has 2 heterocycles. The van der Waals surface area contributed by atoms with E-state index in [1.165, 1.54) is 5.56 Å². The Balaban J connectivity index is 1.24. The summed E-state index contributed by atoms with van der Waals surface area (Å²) in [7, 11) is 0. The van der Waals surface area contributed by atoms with Gasteiger partial charge < -0.3 is 9.64 Å². The monoisotopic (exact) mass is 499 g/mol. The van der Waals surface area contributed by atoms with Crippen molar-refractivity contribution in [3.63, 3.8) is 0 Å². The first-order valence-corrected chi connectivity index (χ1v) is 12.6. The minimum atomic E-state index is -0.562. The van der Waals surface area contributed by atoms with Crippen molar-refractivity contribution in [1.82, 2.24) is 14.9 Å². The zero-order valence-electron chi connectivity index (χ0n) is 20.7. The van der Waals surface area contributed by atoms with E-state index in [1.807, 2.05) is 78.9 Å². The average molecular weight is 500 g/mol. The first kappa shape index (κ1) is 23.6. The first-order chi connectivity index (χ1) is 18.7. The summed E-state index contributed by atoms with van der Waals surface area (Å²) in [5.74, 6) is -0.764. The molecular formula is C32H25N3O3. The Morgan fingerprint density at radius 3 is 2.00 bits per heavy atom. The van der Waals surface area contributed by atoms with E-state index in [9.17, 15) is 9.59 Å². The van der Waals surface area contributed by atoms with Crippen LogP contribution in [0.25, 0.3) is 33.5 Å². The number of nitrogens with zero attached hydrogens (tertiary/aromatic N) is 3. The van der Waals surface area contributed by atoms with Gasteiger partial charge in [-0.15, -0.1) is 0 Å². The van der Waals surface area contributed by atoms with Crippen LogP contribution in [0.5, 0.6) is 0 Å². The molecule has 38 heavy (non-hydrogen) atoms. The lowest BCUT2D eigenvalue weighted by Crippen LogP contribution is -2.38. The van der Waals surface area contributed by atoms with E-state index in [0.717, 1.165) is 34.5 Å². The van der Waals surface area contributed by atoms with Crippen LogP contribution in [-0.4, -0.2) is 39.9 Å². The molecule has 0 unspecified atom stereocenters. The molecule has 0 saturated carbocycles. The van der Waals surface area contributed by atoms with Gasteiger partial charge in [0.15, 0.2) is 6.61 Å². The minimum absolute atomic E-state index is 0.202. The van der Waals surface area contributed by atoms with Gasteiger partial charge >= 0.3 is 5.97 Å². The van der Waals surface area contributed by atoms with Crippen LogP contribution in [0.15, 0.2) is 103 Å². The molecule has 0 atom stereocenters. The SMILES string of the molecule is O=C(OCC(=O)N1CCc2ccccc2C1)c1ccc2nc(-c3ccccc3)c(-c3ccccc3)nc2c1. The number of fused-ring (bicyclic) bond motifs is 2. The summed E-state index contributed by atoms with van der Waals surface area (Å²) < 4.78 is 5.41. The van der Waals surface area contributed by atoms with Crippen LogP contribution < -0.4 is 0 Å². The van der Waals surface area contributed by atoms with Crippen LogP contribution in [0.4, 0.5) is 0 Å². The number of hydrogen-bond donors (Lipinski definition) is 0. The summed E-state index contributed by atoms with van der Waals surface area (Å²) in [6.45, 7) is 0.849. The van der Waals surface area contributed by atoms with Crippen molar-refractivity contribution in [3.05, 3.63) is 120 Å². The summed E-state index contributed by atoms with van der Waals surface area (Å²) in [6, 6.07) is 33.0. The van der Waals surface area contributed by atoms with Crippen molar-refractivity contribution in [1.29, 1.82) is 0 Å². The molecule has 1 aliphatic heterocycles. The summed E-state index contributed by atoms with van der Waals surface area (Å²) in [5, 5.41) is 0. The van der Waals surface area contributed by atoms with Gasteiger partial charge in [-0.25, -0.2) is 14.8 Å². The van der Waals surface area contributed by atoms with E-state index >= 15 is 0 Å². The van der Waals surface area contributed by atoms with Crippen molar-refractivity contribution >= 4 is 22.9 Å². The first-order valence-electron chi connectivity index (χ1n) is 12.6. The van der Waals surface area contributed by atoms with Gasteiger partial charge in [0.05, 0.1) is 28.0 Å². The fraction of sp³-hybridized carbons (Fsp3) is 0.125. The zero-order chi connectivity index (χ0) is 25.9. The molecule has 0 fully saturated rings. The van der Waals surface area contributed by atoms with Crippen molar-refractivity contribution in [3.8, 4) is 22.5 Å². The molecule has 5 aromatic rings. The van der Waals surface area contributed by atoms with Crippen molar-refractivity contribution in [2.75, 3.05) is 13.2 Å². The lowest BCUT2D eigenvalue weighted by Gasteiger charge is -2.28. The lowest BCUT2D eigenvalue weighted by molar-refractivity contribution is -0.135. The van der Waals surface area contributed by atoms with Gasteiger partial charge in [-0.3, -0.25) is 4.79 Å². The van der Waals surface area contributed by atoms with Gasteiger partial charge in [0, 0.05) is 24.2 Å². The molecular weight excluding hydrogens is 474 g/mol. The molecule has 6 nitrogen and oxygen atoms in total. The van der Waals surface area contributed by atoms with Crippen molar-refractivity contribution in [2.24, 2.45) is 0 Å². The molecule has 0 saturated heterocycles. The molecule has 0 N–H and O–H groups in total. The Bertz CT molecular complexity index is 1630. The third-order valence-electron chi connectivity index (χ3n) is 6.80. The second-order valence-corrected chi connectivity index (χ2v) is 9.27. The number of ether oxygens (including phenoxy) is 1. The number of rotatable bonds is 5. The average Bonchev–Trinajstić information content (AvgIpc) is 2.99. The maximum absolute atomic E-state index is 12.9. The summed E-state index contributed by atoms with van der Waals surface area (Å²) in [4.78, 5) is 37.2. The van der Waals surface area contributed by atoms with Crippen molar-refractivity contribution in [2.45, 2.75) is 13.0 Å². The van der Waals surface area contributed by atoms with Crippen LogP contribution >= 0.6 is 0 Å². The number of benzene rings is 4. The molecule has 0 aliphatic carbocycles. The number of amides is 1. The fourth-order valence-corrected chi connectivity index (χ4v) is 4.79. The molecule has 1 aliphatic rings. The van der Waals surface area contributed by atoms with Gasteiger partial charge in [-0.05, 0) is 35.7 Å². The number of esters is 1. The maximum atomic E-state index is 12.9. The fourth-order valence-electron chi connectivity index (χ4n) is 4.79. The van der Waals surface area contributed by atoms with E-state index in [1.54, 1.807) is 23.1 Å². The van der Waals surface area contributed by atoms with Crippen LogP contribution in [0, 0.1) is 0 Å². The maximum Gasteiger partial charge on any atom is 0.338 e. The van der Waals surface area contributed by atoms with E-state index in [2.05, 4.69) is 6.07 Å². The van der Waals surface area contributed by atoms with Gasteiger partial charge in [-0.2, -0.15) is 0 Å². The van der Waals surface area contributed by atoms with Crippen LogP contribution in [0.3, 0.4) is 0 Å². The third kappa shape index (κ3) is 4.76. The van der Waals surface area contributed by atoms with Gasteiger partial charge in [0.2, 0.25) is 0 Å². The Hall–Kier alpha value is -4.84. The highest BCUT2D eigenvalue weighted by molar-refractivity contribution is 5.96. The Morgan fingerprint density at radius 1 is 0.711 bits per heavy atom. The van der Waals surface area contributed by atoms with Crippen molar-refractivity contribution < 1.29 is 14.3 Å². The zero-order valence-corrected chi connectivity index (χ0v) is 20.7. The van der Waals surface area contributed by atoms with Crippen LogP contribution in [0.1, 0.15) is 21.5 Å². The number of carbonyl (C=O) groups excluding carboxylic acids is 2. The summed E-state index contributed by atoms with van der Waals surface area (Å²) in [6.07, 6.45) is 0.800. The molecule has 6 rings (SSSR count). The Labute approximate surface area is 220 Å². The molecule has 1 amide bonds. The largest absolute Gasteiger partial charge is 0.452 e. The highest BCUT2D eigenvalue weighted by atomic mass is 16.5. The molecule has 0 bridgehead atoms. The quantitative estimate of drug-likeness (QED) is 0.290. The highest BCUT2D eigenvalue weighted by Gasteiger charge is 2.22. The lowest BCUT2D eigenvalue weighted by atomic mass is 10.00. The van der Waals surface area contributed by atoms with E-state index in [-0.39, 0.29) is 12.5 Å². The third-order valence-corrected chi connectivity index (χ3v) is 6.80. The van der Waals surface area contributed by atoms with Crippen LogP contribution in [0.2, 0.25) is 0 Å². The highest BCUT2D eigenvalue weighted by Crippen LogP contribution is 2.31. The molecule has 4 aromatic carbocycles. The van der Waals surface area contributed by atoms with Gasteiger partial charge in [0.1, 0.15) is 0 Å². The normalized spacial score (nSPS) is 12.7. The van der Waals surface area contributed by atoms with Crippen LogP contribution in [-0.2, 0) is 22.5 Å². The summed E-state index contributed by atoms with van der Waals surface area (Å²) in [5.41, 5.74) is 7.37. The van der Waals surface area contributed by atoms with E-state index < -0.39 is 5.97 Å². The van der Waals surface area contributed by atoms with Gasteiger partial charge in [-0.1, -0.05) is 84.9 Å². The second-order valence-electron chi connectivity index (χ2n) is 9.27. The Kier molecular flexibility index (Phi) is 6.36. The van der Waals surface area contributed by atoms with Gasteiger partial charge in [0.25, 0.3) is 5.91 Å². The predicted molar refractivity (Wildman–Crippen MR) is 146 cm³/mol. The smallest absolute Gasteiger partial charge is 0.338 e. The molecule has 186 valence electrons. The second kappa shape index (κ2) is 10.3. The van der Waals surface area contributed by atoms with E-state index in [0.29, 0.717) is 29.7 Å². The number of aromatic nitrogens is 2. The predicted octanol–water partition coefficient (Wildman–Crippen LogP) is 5.71. The topological polar surface area (TPSA) is 72.4 Å². The molecule has 0 radical (unpaired) electrons. The molecule has 0 spiro atoms. The Morgan fingerprint density at radius 2 is 1.32 bits per heavy atom.